The first-order valence-electron chi connectivity index (χ1n) is 5.04. The van der Waals surface area contributed by atoms with E-state index < -0.39 is 11.7 Å². The van der Waals surface area contributed by atoms with E-state index in [4.69, 9.17) is 23.2 Å². The summed E-state index contributed by atoms with van der Waals surface area (Å²) in [5, 5.41) is 2.98. The lowest BCUT2D eigenvalue weighted by Gasteiger charge is -2.10. The number of rotatable bonds is 2. The van der Waals surface area contributed by atoms with Gasteiger partial charge in [0.05, 0.1) is 27.5 Å². The zero-order valence-electron chi connectivity index (χ0n) is 9.25. The van der Waals surface area contributed by atoms with E-state index in [0.717, 1.165) is 6.20 Å². The molecule has 0 atom stereocenters. The number of hydrogen-bond acceptors (Lipinski definition) is 2. The van der Waals surface area contributed by atoms with Crippen LogP contribution in [0.2, 0.25) is 10.0 Å². The van der Waals surface area contributed by atoms with Gasteiger partial charge in [0.1, 0.15) is 0 Å². The van der Waals surface area contributed by atoms with Gasteiger partial charge in [-0.25, -0.2) is 4.39 Å². The number of carbonyl (C=O) groups is 1. The highest BCUT2D eigenvalue weighted by atomic mass is 79.9. The second kappa shape index (κ2) is 5.86. The zero-order chi connectivity index (χ0) is 14.0. The Hall–Kier alpha value is -1.17. The summed E-state index contributed by atoms with van der Waals surface area (Å²) in [7, 11) is 0. The molecule has 0 spiro atoms. The maximum atomic E-state index is 13.4. The van der Waals surface area contributed by atoms with Crippen molar-refractivity contribution < 1.29 is 9.18 Å². The van der Waals surface area contributed by atoms with Crippen LogP contribution in [0.25, 0.3) is 0 Å². The van der Waals surface area contributed by atoms with Gasteiger partial charge in [-0.1, -0.05) is 39.1 Å². The van der Waals surface area contributed by atoms with Crippen LogP contribution < -0.4 is 5.32 Å². The van der Waals surface area contributed by atoms with E-state index in [2.05, 4.69) is 26.2 Å². The molecule has 1 heterocycles. The first-order valence-corrected chi connectivity index (χ1v) is 6.59. The van der Waals surface area contributed by atoms with Crippen molar-refractivity contribution in [2.45, 2.75) is 0 Å². The zero-order valence-corrected chi connectivity index (χ0v) is 12.4. The molecule has 0 radical (unpaired) electrons. The number of pyridine rings is 1. The van der Waals surface area contributed by atoms with Crippen molar-refractivity contribution >= 4 is 50.7 Å². The van der Waals surface area contributed by atoms with Crippen LogP contribution in [0, 0.1) is 5.82 Å². The minimum atomic E-state index is -0.718. The highest BCUT2D eigenvalue weighted by molar-refractivity contribution is 9.10. The number of nitrogens with zero attached hydrogens (tertiary/aromatic N) is 1. The average Bonchev–Trinajstić information content (AvgIpc) is 2.34. The molecule has 0 aliphatic heterocycles. The second-order valence-electron chi connectivity index (χ2n) is 3.55. The lowest BCUT2D eigenvalue weighted by atomic mass is 10.2. The molecule has 7 heteroatoms. The average molecular weight is 364 g/mol. The largest absolute Gasteiger partial charge is 0.319 e. The van der Waals surface area contributed by atoms with E-state index in [1.54, 1.807) is 12.1 Å². The monoisotopic (exact) mass is 362 g/mol. The summed E-state index contributed by atoms with van der Waals surface area (Å²) < 4.78 is 14.1. The maximum absolute atomic E-state index is 13.4. The van der Waals surface area contributed by atoms with Crippen LogP contribution >= 0.6 is 39.1 Å². The molecular formula is C12H6BrCl2FN2O. The minimum absolute atomic E-state index is 0.134. The van der Waals surface area contributed by atoms with E-state index in [1.807, 2.05) is 0 Å². The van der Waals surface area contributed by atoms with Crippen LogP contribution in [0.4, 0.5) is 10.1 Å². The normalized spacial score (nSPS) is 10.3. The lowest BCUT2D eigenvalue weighted by Crippen LogP contribution is -2.14. The van der Waals surface area contributed by atoms with E-state index in [-0.39, 0.29) is 21.3 Å². The van der Waals surface area contributed by atoms with Gasteiger partial charge in [0.2, 0.25) is 0 Å². The van der Waals surface area contributed by atoms with Crippen molar-refractivity contribution in [2.24, 2.45) is 0 Å². The summed E-state index contributed by atoms with van der Waals surface area (Å²) in [6.45, 7) is 0. The lowest BCUT2D eigenvalue weighted by molar-refractivity contribution is 0.102. The fourth-order valence-corrected chi connectivity index (χ4v) is 2.70. The van der Waals surface area contributed by atoms with Crippen molar-refractivity contribution in [1.82, 2.24) is 4.98 Å². The van der Waals surface area contributed by atoms with E-state index >= 15 is 0 Å². The molecule has 2 rings (SSSR count). The third-order valence-corrected chi connectivity index (χ3v) is 3.32. The number of carbonyl (C=O) groups excluding carboxylic acids is 1. The maximum Gasteiger partial charge on any atom is 0.258 e. The summed E-state index contributed by atoms with van der Waals surface area (Å²) >= 11 is 15.2. The SMILES string of the molecule is O=C(Nc1c(Cl)cc(Br)cc1Cl)c1ccncc1F. The molecule has 0 saturated carbocycles. The van der Waals surface area contributed by atoms with Gasteiger partial charge >= 0.3 is 0 Å². The number of halogens is 4. The third kappa shape index (κ3) is 3.23. The van der Waals surface area contributed by atoms with Crippen LogP contribution in [0.3, 0.4) is 0 Å². The summed E-state index contributed by atoms with van der Waals surface area (Å²) in [5.41, 5.74) is 0.0952. The number of benzene rings is 1. The van der Waals surface area contributed by atoms with Gasteiger partial charge < -0.3 is 5.32 Å². The van der Waals surface area contributed by atoms with Gasteiger partial charge in [-0.15, -0.1) is 0 Å². The molecule has 19 heavy (non-hydrogen) atoms. The van der Waals surface area contributed by atoms with Crippen LogP contribution in [0.1, 0.15) is 10.4 Å². The molecule has 0 saturated heterocycles. The molecule has 1 aromatic carbocycles. The molecule has 0 bridgehead atoms. The van der Waals surface area contributed by atoms with Gasteiger partial charge in [-0.3, -0.25) is 9.78 Å². The Kier molecular flexibility index (Phi) is 4.39. The number of nitrogens with one attached hydrogen (secondary N) is 1. The number of hydrogen-bond donors (Lipinski definition) is 1. The third-order valence-electron chi connectivity index (χ3n) is 2.26. The summed E-state index contributed by atoms with van der Waals surface area (Å²) in [5.74, 6) is -1.37. The Labute approximate surface area is 126 Å². The summed E-state index contributed by atoms with van der Waals surface area (Å²) in [6, 6.07) is 4.42. The smallest absolute Gasteiger partial charge is 0.258 e. The Balaban J connectivity index is 2.32. The molecule has 0 aliphatic rings. The van der Waals surface area contributed by atoms with Crippen molar-refractivity contribution in [2.75, 3.05) is 5.32 Å². The first kappa shape index (κ1) is 14.2. The van der Waals surface area contributed by atoms with Crippen molar-refractivity contribution in [1.29, 1.82) is 0 Å². The van der Waals surface area contributed by atoms with Crippen molar-refractivity contribution in [3.63, 3.8) is 0 Å². The standard InChI is InChI=1S/C12H6BrCl2FN2O/c13-6-3-8(14)11(9(15)4-6)18-12(19)7-1-2-17-5-10(7)16/h1-5H,(H,18,19). The molecule has 3 nitrogen and oxygen atoms in total. The van der Waals surface area contributed by atoms with Crippen LogP contribution in [-0.4, -0.2) is 10.9 Å². The number of anilines is 1. The van der Waals surface area contributed by atoms with Crippen molar-refractivity contribution in [3.8, 4) is 0 Å². The molecule has 1 aromatic heterocycles. The van der Waals surface area contributed by atoms with E-state index in [1.165, 1.54) is 12.3 Å². The Bertz CT molecular complexity index is 628. The van der Waals surface area contributed by atoms with Gasteiger partial charge in [-0.2, -0.15) is 0 Å². The highest BCUT2D eigenvalue weighted by Crippen LogP contribution is 2.34. The Morgan fingerprint density at radius 2 is 1.95 bits per heavy atom. The fraction of sp³-hybridized carbons (Fsp3) is 0. The van der Waals surface area contributed by atoms with E-state index in [9.17, 15) is 9.18 Å². The predicted molar refractivity (Wildman–Crippen MR) is 76.3 cm³/mol. The Morgan fingerprint density at radius 1 is 1.32 bits per heavy atom. The second-order valence-corrected chi connectivity index (χ2v) is 5.28. The molecule has 0 aliphatic carbocycles. The predicted octanol–water partition coefficient (Wildman–Crippen LogP) is 4.54. The molecule has 1 amide bonds. The van der Waals surface area contributed by atoms with Crippen LogP contribution in [0.15, 0.2) is 35.1 Å². The minimum Gasteiger partial charge on any atom is -0.319 e. The van der Waals surface area contributed by atoms with Gasteiger partial charge in [-0.05, 0) is 18.2 Å². The van der Waals surface area contributed by atoms with Crippen LogP contribution in [-0.2, 0) is 0 Å². The Morgan fingerprint density at radius 3 is 2.53 bits per heavy atom. The molecule has 2 aromatic rings. The van der Waals surface area contributed by atoms with Crippen molar-refractivity contribution in [3.05, 3.63) is 56.5 Å². The van der Waals surface area contributed by atoms with Gasteiger partial charge in [0, 0.05) is 10.7 Å². The van der Waals surface area contributed by atoms with E-state index in [0.29, 0.717) is 4.47 Å². The van der Waals surface area contributed by atoms with Crippen LogP contribution in [0.5, 0.6) is 0 Å². The topological polar surface area (TPSA) is 42.0 Å². The van der Waals surface area contributed by atoms with Gasteiger partial charge in [0.25, 0.3) is 5.91 Å². The first-order chi connectivity index (χ1) is 8.99. The van der Waals surface area contributed by atoms with Gasteiger partial charge in [0.15, 0.2) is 5.82 Å². The fourth-order valence-electron chi connectivity index (χ4n) is 1.40. The summed E-state index contributed by atoms with van der Waals surface area (Å²) in [4.78, 5) is 15.5. The number of amides is 1. The molecule has 1 N–H and O–H groups in total. The quantitative estimate of drug-likeness (QED) is 0.850. The molecular weight excluding hydrogens is 358 g/mol. The molecule has 98 valence electrons. The molecule has 0 fully saturated rings. The summed E-state index contributed by atoms with van der Waals surface area (Å²) in [6.07, 6.45) is 2.28. The number of aromatic nitrogens is 1. The molecule has 0 unspecified atom stereocenters. The highest BCUT2D eigenvalue weighted by Gasteiger charge is 2.15.